The second-order valence-corrected chi connectivity index (χ2v) is 13.7. The van der Waals surface area contributed by atoms with E-state index in [1.54, 1.807) is 25.7 Å². The number of carbonyl (C=O) groups excluding carboxylic acids is 3. The van der Waals surface area contributed by atoms with Crippen LogP contribution in [0.5, 0.6) is 0 Å². The Balaban J connectivity index is 1.19. The Hall–Kier alpha value is -4.04. The summed E-state index contributed by atoms with van der Waals surface area (Å²) in [4.78, 5) is 44.0. The molecule has 8 nitrogen and oxygen atoms in total. The van der Waals surface area contributed by atoms with E-state index in [4.69, 9.17) is 21.1 Å². The van der Waals surface area contributed by atoms with Crippen LogP contribution in [-0.4, -0.2) is 65.3 Å². The molecule has 1 saturated heterocycles. The van der Waals surface area contributed by atoms with Crippen molar-refractivity contribution in [1.29, 1.82) is 0 Å². The standard InChI is InChI=1S/C36H40ClN3O5/c1-36(2,3)45-34(42)38-25-18-24(33(41)40(26-16-17-26)20-23-10-4-9-15-32(23)37)19-39(21-25)35(43)44-22-31-29-13-7-5-11-27(29)28-12-6-8-14-30(28)31/h4-15,24-26,31H,16-22H2,1-3H3,(H,38,42). The zero-order valence-electron chi connectivity index (χ0n) is 26.0. The lowest BCUT2D eigenvalue weighted by atomic mass is 9.92. The number of amides is 3. The minimum atomic E-state index is -0.682. The van der Waals surface area contributed by atoms with Crippen molar-refractivity contribution in [2.45, 2.75) is 70.2 Å². The van der Waals surface area contributed by atoms with Gasteiger partial charge < -0.3 is 24.6 Å². The van der Waals surface area contributed by atoms with E-state index >= 15 is 0 Å². The third-order valence-electron chi connectivity index (χ3n) is 8.68. The summed E-state index contributed by atoms with van der Waals surface area (Å²) in [6, 6.07) is 23.6. The van der Waals surface area contributed by atoms with Crippen molar-refractivity contribution >= 4 is 29.7 Å². The monoisotopic (exact) mass is 629 g/mol. The highest BCUT2D eigenvalue weighted by Gasteiger charge is 2.42. The maximum Gasteiger partial charge on any atom is 0.409 e. The lowest BCUT2D eigenvalue weighted by molar-refractivity contribution is -0.138. The third kappa shape index (κ3) is 7.12. The molecule has 1 saturated carbocycles. The number of nitrogens with zero attached hydrogens (tertiary/aromatic N) is 2. The molecular weight excluding hydrogens is 590 g/mol. The average Bonchev–Trinajstić information content (AvgIpc) is 3.80. The minimum absolute atomic E-state index is 0.0513. The lowest BCUT2D eigenvalue weighted by Crippen LogP contribution is -2.56. The minimum Gasteiger partial charge on any atom is -0.448 e. The Labute approximate surface area is 269 Å². The molecule has 3 aromatic rings. The fraction of sp³-hybridized carbons (Fsp3) is 0.417. The maximum absolute atomic E-state index is 14.1. The summed E-state index contributed by atoms with van der Waals surface area (Å²) in [5, 5.41) is 3.52. The maximum atomic E-state index is 14.1. The molecule has 0 aromatic heterocycles. The van der Waals surface area contributed by atoms with Gasteiger partial charge in [0.05, 0.1) is 12.0 Å². The average molecular weight is 630 g/mol. The van der Waals surface area contributed by atoms with Crippen molar-refractivity contribution in [3.8, 4) is 11.1 Å². The van der Waals surface area contributed by atoms with Crippen LogP contribution in [0.1, 0.15) is 62.6 Å². The number of alkyl carbamates (subject to hydrolysis) is 1. The Morgan fingerprint density at radius 2 is 1.53 bits per heavy atom. The summed E-state index contributed by atoms with van der Waals surface area (Å²) in [5.74, 6) is -0.660. The van der Waals surface area contributed by atoms with Crippen LogP contribution in [0, 0.1) is 5.92 Å². The molecule has 3 amide bonds. The number of halogens is 1. The van der Waals surface area contributed by atoms with Gasteiger partial charge in [0.1, 0.15) is 12.2 Å². The van der Waals surface area contributed by atoms with Crippen molar-refractivity contribution < 1.29 is 23.9 Å². The second kappa shape index (κ2) is 12.8. The summed E-state index contributed by atoms with van der Waals surface area (Å²) in [6.45, 7) is 6.38. The van der Waals surface area contributed by atoms with Gasteiger partial charge in [-0.2, -0.15) is 0 Å². The molecule has 1 aliphatic heterocycles. The van der Waals surface area contributed by atoms with Gasteiger partial charge in [-0.25, -0.2) is 9.59 Å². The number of hydrogen-bond donors (Lipinski definition) is 1. The predicted octanol–water partition coefficient (Wildman–Crippen LogP) is 7.00. The van der Waals surface area contributed by atoms with Gasteiger partial charge in [-0.05, 0) is 73.9 Å². The van der Waals surface area contributed by atoms with E-state index < -0.39 is 29.7 Å². The molecule has 1 heterocycles. The van der Waals surface area contributed by atoms with Gasteiger partial charge in [0, 0.05) is 36.6 Å². The largest absolute Gasteiger partial charge is 0.448 e. The predicted molar refractivity (Wildman–Crippen MR) is 173 cm³/mol. The summed E-state index contributed by atoms with van der Waals surface area (Å²) in [5.41, 5.74) is 4.76. The number of hydrogen-bond acceptors (Lipinski definition) is 5. The molecule has 6 rings (SSSR count). The first-order valence-corrected chi connectivity index (χ1v) is 16.1. The van der Waals surface area contributed by atoms with Crippen LogP contribution in [0.25, 0.3) is 11.1 Å². The number of likely N-dealkylation sites (tertiary alicyclic amines) is 1. The zero-order valence-corrected chi connectivity index (χ0v) is 26.8. The number of benzene rings is 3. The zero-order chi connectivity index (χ0) is 31.7. The Bertz CT molecular complexity index is 1540. The first-order valence-electron chi connectivity index (χ1n) is 15.7. The molecule has 3 aromatic carbocycles. The Kier molecular flexibility index (Phi) is 8.78. The number of ether oxygens (including phenoxy) is 2. The molecule has 2 fully saturated rings. The van der Waals surface area contributed by atoms with Crippen molar-refractivity contribution in [3.05, 3.63) is 94.5 Å². The molecule has 1 N–H and O–H groups in total. The quantitative estimate of drug-likeness (QED) is 0.304. The second-order valence-electron chi connectivity index (χ2n) is 13.3. The van der Waals surface area contributed by atoms with E-state index in [2.05, 4.69) is 29.6 Å². The normalized spacial score (nSPS) is 19.3. The van der Waals surface area contributed by atoms with Crippen molar-refractivity contribution in [2.75, 3.05) is 19.7 Å². The van der Waals surface area contributed by atoms with E-state index in [1.165, 1.54) is 0 Å². The SMILES string of the molecule is CC(C)(C)OC(=O)NC1CC(C(=O)N(Cc2ccccc2Cl)C2CC2)CN(C(=O)OCC2c3ccccc3-c3ccccc32)C1. The fourth-order valence-corrected chi connectivity index (χ4v) is 6.70. The number of piperidine rings is 1. The van der Waals surface area contributed by atoms with Crippen molar-refractivity contribution in [2.24, 2.45) is 5.92 Å². The number of fused-ring (bicyclic) bond motifs is 3. The highest BCUT2D eigenvalue weighted by molar-refractivity contribution is 6.31. The summed E-state index contributed by atoms with van der Waals surface area (Å²) >= 11 is 6.46. The van der Waals surface area contributed by atoms with Crippen LogP contribution in [0.3, 0.4) is 0 Å². The molecular formula is C36H40ClN3O5. The molecule has 2 atom stereocenters. The van der Waals surface area contributed by atoms with E-state index in [0.717, 1.165) is 40.7 Å². The van der Waals surface area contributed by atoms with Crippen LogP contribution in [0.15, 0.2) is 72.8 Å². The van der Waals surface area contributed by atoms with Crippen LogP contribution < -0.4 is 5.32 Å². The van der Waals surface area contributed by atoms with Gasteiger partial charge in [-0.15, -0.1) is 0 Å². The van der Waals surface area contributed by atoms with E-state index in [1.807, 2.05) is 53.4 Å². The smallest absolute Gasteiger partial charge is 0.409 e. The number of rotatable bonds is 7. The summed E-state index contributed by atoms with van der Waals surface area (Å²) in [7, 11) is 0. The van der Waals surface area contributed by atoms with E-state index in [9.17, 15) is 14.4 Å². The Morgan fingerprint density at radius 1 is 0.911 bits per heavy atom. The molecule has 45 heavy (non-hydrogen) atoms. The van der Waals surface area contributed by atoms with Crippen molar-refractivity contribution in [3.63, 3.8) is 0 Å². The first kappa shape index (κ1) is 31.0. The third-order valence-corrected chi connectivity index (χ3v) is 9.05. The Morgan fingerprint density at radius 3 is 2.16 bits per heavy atom. The van der Waals surface area contributed by atoms with Crippen LogP contribution in [0.2, 0.25) is 5.02 Å². The molecule has 236 valence electrons. The highest BCUT2D eigenvalue weighted by Crippen LogP contribution is 2.44. The topological polar surface area (TPSA) is 88.2 Å². The number of nitrogens with one attached hydrogen (secondary N) is 1. The fourth-order valence-electron chi connectivity index (χ4n) is 6.51. The van der Waals surface area contributed by atoms with Crippen LogP contribution in [-0.2, 0) is 20.8 Å². The summed E-state index contributed by atoms with van der Waals surface area (Å²) in [6.07, 6.45) is 1.16. The van der Waals surface area contributed by atoms with E-state index in [-0.39, 0.29) is 37.6 Å². The van der Waals surface area contributed by atoms with E-state index in [0.29, 0.717) is 18.0 Å². The van der Waals surface area contributed by atoms with Gasteiger partial charge in [-0.1, -0.05) is 78.3 Å². The summed E-state index contributed by atoms with van der Waals surface area (Å²) < 4.78 is 11.5. The molecule has 2 unspecified atom stereocenters. The molecule has 0 spiro atoms. The van der Waals surface area contributed by atoms with Gasteiger partial charge in [0.15, 0.2) is 0 Å². The van der Waals surface area contributed by atoms with Gasteiger partial charge >= 0.3 is 12.2 Å². The molecule has 0 radical (unpaired) electrons. The molecule has 2 aliphatic carbocycles. The van der Waals surface area contributed by atoms with Gasteiger partial charge in [-0.3, -0.25) is 4.79 Å². The molecule has 9 heteroatoms. The lowest BCUT2D eigenvalue weighted by Gasteiger charge is -2.39. The van der Waals surface area contributed by atoms with Gasteiger partial charge in [0.25, 0.3) is 0 Å². The van der Waals surface area contributed by atoms with Gasteiger partial charge in [0.2, 0.25) is 5.91 Å². The first-order chi connectivity index (χ1) is 21.6. The number of carbonyl (C=O) groups is 3. The van der Waals surface area contributed by atoms with Crippen LogP contribution >= 0.6 is 11.6 Å². The highest BCUT2D eigenvalue weighted by atomic mass is 35.5. The van der Waals surface area contributed by atoms with Crippen molar-refractivity contribution in [1.82, 2.24) is 15.1 Å². The molecule has 0 bridgehead atoms. The van der Waals surface area contributed by atoms with Crippen LogP contribution in [0.4, 0.5) is 9.59 Å². The molecule has 3 aliphatic rings.